The lowest BCUT2D eigenvalue weighted by atomic mass is 10.1. The van der Waals surface area contributed by atoms with Gasteiger partial charge in [0, 0.05) is 31.2 Å². The highest BCUT2D eigenvalue weighted by Gasteiger charge is 2.30. The maximum atomic E-state index is 12.5. The molecule has 1 heterocycles. The van der Waals surface area contributed by atoms with Crippen LogP contribution >= 0.6 is 24.0 Å². The molecule has 1 aromatic carbocycles. The molecule has 1 aromatic rings. The van der Waals surface area contributed by atoms with Gasteiger partial charge >= 0.3 is 12.3 Å². The molecule has 0 atom stereocenters. The van der Waals surface area contributed by atoms with Crippen molar-refractivity contribution >= 4 is 41.9 Å². The molecule has 0 aliphatic carbocycles. The van der Waals surface area contributed by atoms with Crippen molar-refractivity contribution in [2.24, 2.45) is 10.7 Å². The van der Waals surface area contributed by atoms with E-state index in [0.717, 1.165) is 24.3 Å². The molecule has 1 fully saturated rings. The fourth-order valence-corrected chi connectivity index (χ4v) is 2.93. The molecule has 31 heavy (non-hydrogen) atoms. The maximum absolute atomic E-state index is 12.5. The zero-order valence-electron chi connectivity index (χ0n) is 17.1. The van der Waals surface area contributed by atoms with E-state index in [1.54, 1.807) is 11.8 Å². The minimum absolute atomic E-state index is 0. The first-order valence-electron chi connectivity index (χ1n) is 9.64. The van der Waals surface area contributed by atoms with Crippen molar-refractivity contribution in [1.29, 1.82) is 0 Å². The number of nitrogens with zero attached hydrogens (tertiary/aromatic N) is 2. The number of piperidine rings is 1. The summed E-state index contributed by atoms with van der Waals surface area (Å²) in [5.74, 6) is -0.259. The third-order valence-electron chi connectivity index (χ3n) is 4.53. The quantitative estimate of drug-likeness (QED) is 0.216. The minimum atomic E-state index is -4.44. The van der Waals surface area contributed by atoms with Gasteiger partial charge in [0.15, 0.2) is 5.96 Å². The monoisotopic (exact) mass is 557 g/mol. The van der Waals surface area contributed by atoms with Gasteiger partial charge in [0.1, 0.15) is 0 Å². The lowest BCUT2D eigenvalue weighted by Gasteiger charge is -2.31. The number of benzene rings is 1. The van der Waals surface area contributed by atoms with E-state index in [-0.39, 0.29) is 60.7 Å². The van der Waals surface area contributed by atoms with Crippen molar-refractivity contribution in [2.45, 2.75) is 32.0 Å². The summed E-state index contributed by atoms with van der Waals surface area (Å²) in [6.45, 7) is 3.62. The highest BCUT2D eigenvalue weighted by molar-refractivity contribution is 14.0. The number of hydrogen-bond acceptors (Lipinski definition) is 4. The smallest absolute Gasteiger partial charge is 0.416 e. The molecule has 0 saturated carbocycles. The average molecular weight is 557 g/mol. The van der Waals surface area contributed by atoms with Crippen molar-refractivity contribution < 1.29 is 27.5 Å². The Kier molecular flexibility index (Phi) is 10.9. The number of aliphatic imine (C=N–C) groups is 1. The molecule has 2 amide bonds. The number of nitrogens with one attached hydrogen (secondary N) is 2. The molecule has 174 valence electrons. The third kappa shape index (κ3) is 8.79. The lowest BCUT2D eigenvalue weighted by molar-refractivity contribution is -0.137. The van der Waals surface area contributed by atoms with Crippen molar-refractivity contribution in [3.63, 3.8) is 0 Å². The second kappa shape index (κ2) is 12.6. The van der Waals surface area contributed by atoms with Crippen LogP contribution in [-0.4, -0.2) is 61.7 Å². The lowest BCUT2D eigenvalue weighted by Crippen LogP contribution is -2.48. The molecule has 0 radical (unpaired) electrons. The van der Waals surface area contributed by atoms with Crippen LogP contribution < -0.4 is 16.4 Å². The van der Waals surface area contributed by atoms with E-state index >= 15 is 0 Å². The average Bonchev–Trinajstić information content (AvgIpc) is 2.71. The Bertz CT molecular complexity index is 751. The molecule has 1 aliphatic rings. The molecule has 2 rings (SSSR count). The first-order valence-corrected chi connectivity index (χ1v) is 9.64. The number of amides is 2. The predicted molar refractivity (Wildman–Crippen MR) is 120 cm³/mol. The molecule has 1 aliphatic heterocycles. The molecule has 0 bridgehead atoms. The van der Waals surface area contributed by atoms with Crippen LogP contribution in [0.1, 0.15) is 35.7 Å². The summed E-state index contributed by atoms with van der Waals surface area (Å²) in [5, 5.41) is 5.66. The summed E-state index contributed by atoms with van der Waals surface area (Å²) < 4.78 is 42.6. The van der Waals surface area contributed by atoms with Crippen LogP contribution in [0.25, 0.3) is 0 Å². The fraction of sp³-hybridized carbons (Fsp3) is 0.526. The van der Waals surface area contributed by atoms with Gasteiger partial charge in [-0.15, -0.1) is 24.0 Å². The number of carbonyl (C=O) groups excluding carboxylic acids is 2. The van der Waals surface area contributed by atoms with Gasteiger partial charge in [0.2, 0.25) is 0 Å². The number of likely N-dealkylation sites (tertiary alicyclic amines) is 1. The number of carbonyl (C=O) groups is 2. The van der Waals surface area contributed by atoms with E-state index in [0.29, 0.717) is 32.5 Å². The summed E-state index contributed by atoms with van der Waals surface area (Å²) in [6.07, 6.45) is -3.34. The van der Waals surface area contributed by atoms with Gasteiger partial charge in [0.05, 0.1) is 18.7 Å². The van der Waals surface area contributed by atoms with Gasteiger partial charge in [-0.3, -0.25) is 9.79 Å². The zero-order chi connectivity index (χ0) is 22.1. The Morgan fingerprint density at radius 3 is 2.39 bits per heavy atom. The molecule has 12 heteroatoms. The van der Waals surface area contributed by atoms with Crippen LogP contribution in [0, 0.1) is 0 Å². The molecule has 0 unspecified atom stereocenters. The maximum Gasteiger partial charge on any atom is 0.416 e. The molecule has 4 N–H and O–H groups in total. The Balaban J connectivity index is 0.00000480. The number of nitrogens with two attached hydrogens (primary N) is 1. The highest BCUT2D eigenvalue weighted by Crippen LogP contribution is 2.29. The van der Waals surface area contributed by atoms with E-state index in [9.17, 15) is 22.8 Å². The third-order valence-corrected chi connectivity index (χ3v) is 4.53. The van der Waals surface area contributed by atoms with Crippen molar-refractivity contribution in [2.75, 3.05) is 32.8 Å². The normalized spacial score (nSPS) is 15.1. The van der Waals surface area contributed by atoms with E-state index in [2.05, 4.69) is 15.6 Å². The Hall–Kier alpha value is -2.25. The summed E-state index contributed by atoms with van der Waals surface area (Å²) in [6, 6.07) is 4.06. The number of alkyl halides is 3. The van der Waals surface area contributed by atoms with Gasteiger partial charge in [0.25, 0.3) is 5.91 Å². The van der Waals surface area contributed by atoms with Crippen LogP contribution in [-0.2, 0) is 10.9 Å². The largest absolute Gasteiger partial charge is 0.450 e. The second-order valence-electron chi connectivity index (χ2n) is 6.70. The van der Waals surface area contributed by atoms with E-state index in [1.807, 2.05) is 0 Å². The molecule has 0 aromatic heterocycles. The Labute approximate surface area is 195 Å². The van der Waals surface area contributed by atoms with Crippen LogP contribution in [0.2, 0.25) is 0 Å². The van der Waals surface area contributed by atoms with Gasteiger partial charge < -0.3 is 26.0 Å². The Morgan fingerprint density at radius 2 is 1.84 bits per heavy atom. The highest BCUT2D eigenvalue weighted by atomic mass is 127. The first-order chi connectivity index (χ1) is 14.2. The number of ether oxygens (including phenoxy) is 1. The SMILES string of the molecule is CCOC(=O)N1CCC(NC(N)=NCCNC(=O)c2ccc(C(F)(F)F)cc2)CC1.I. The predicted octanol–water partition coefficient (Wildman–Crippen LogP) is 2.58. The van der Waals surface area contributed by atoms with Gasteiger partial charge in [-0.25, -0.2) is 4.79 Å². The van der Waals surface area contributed by atoms with Gasteiger partial charge in [-0.2, -0.15) is 13.2 Å². The van der Waals surface area contributed by atoms with Crippen molar-refractivity contribution in [3.8, 4) is 0 Å². The zero-order valence-corrected chi connectivity index (χ0v) is 19.4. The molecule has 1 saturated heterocycles. The summed E-state index contributed by atoms with van der Waals surface area (Å²) >= 11 is 0. The van der Waals surface area contributed by atoms with E-state index in [4.69, 9.17) is 10.5 Å². The van der Waals surface area contributed by atoms with Gasteiger partial charge in [-0.1, -0.05) is 0 Å². The molecular weight excluding hydrogens is 530 g/mol. The number of guanidine groups is 1. The topological polar surface area (TPSA) is 109 Å². The van der Waals surface area contributed by atoms with Gasteiger partial charge in [-0.05, 0) is 44.0 Å². The standard InChI is InChI=1S/C19H26F3N5O3.HI/c1-2-30-18(29)27-11-7-15(8-12-27)26-17(23)25-10-9-24-16(28)13-3-5-14(6-4-13)19(20,21)22;/h3-6,15H,2,7-12H2,1H3,(H,24,28)(H3,23,25,26);1H. The fourth-order valence-electron chi connectivity index (χ4n) is 2.93. The van der Waals surface area contributed by atoms with E-state index < -0.39 is 17.6 Å². The summed E-state index contributed by atoms with van der Waals surface area (Å²) in [5.41, 5.74) is 5.17. The second-order valence-corrected chi connectivity index (χ2v) is 6.70. The van der Waals surface area contributed by atoms with Crippen molar-refractivity contribution in [1.82, 2.24) is 15.5 Å². The number of rotatable bonds is 6. The van der Waals surface area contributed by atoms with Crippen LogP contribution in [0.5, 0.6) is 0 Å². The number of halogens is 4. The minimum Gasteiger partial charge on any atom is -0.450 e. The molecule has 8 nitrogen and oxygen atoms in total. The van der Waals surface area contributed by atoms with Crippen molar-refractivity contribution in [3.05, 3.63) is 35.4 Å². The Morgan fingerprint density at radius 1 is 1.23 bits per heavy atom. The summed E-state index contributed by atoms with van der Waals surface area (Å²) in [7, 11) is 0. The summed E-state index contributed by atoms with van der Waals surface area (Å²) in [4.78, 5) is 29.4. The van der Waals surface area contributed by atoms with Crippen LogP contribution in [0.4, 0.5) is 18.0 Å². The molecule has 0 spiro atoms. The first kappa shape index (κ1) is 26.8. The number of hydrogen-bond donors (Lipinski definition) is 3. The van der Waals surface area contributed by atoms with Crippen LogP contribution in [0.15, 0.2) is 29.3 Å². The van der Waals surface area contributed by atoms with E-state index in [1.165, 1.54) is 0 Å². The molecular formula is C19H27F3IN5O3. The van der Waals surface area contributed by atoms with Crippen LogP contribution in [0.3, 0.4) is 0 Å².